The smallest absolute Gasteiger partial charge is 0.237 e. The third-order valence-corrected chi connectivity index (χ3v) is 3.00. The summed E-state index contributed by atoms with van der Waals surface area (Å²) in [6.45, 7) is 6.16. The summed E-state index contributed by atoms with van der Waals surface area (Å²) in [5.74, 6) is 1.54. The maximum Gasteiger partial charge on any atom is 0.237 e. The molecule has 0 spiro atoms. The first-order valence-corrected chi connectivity index (χ1v) is 6.25. The van der Waals surface area contributed by atoms with Gasteiger partial charge in [-0.25, -0.2) is 4.98 Å². The van der Waals surface area contributed by atoms with E-state index in [9.17, 15) is 0 Å². The molecule has 0 atom stereocenters. The molecule has 1 aromatic heterocycles. The van der Waals surface area contributed by atoms with Gasteiger partial charge in [0.25, 0.3) is 0 Å². The zero-order valence-electron chi connectivity index (χ0n) is 11.3. The molecule has 0 amide bonds. The number of rotatable bonds is 3. The topological polar surface area (TPSA) is 45.9 Å². The van der Waals surface area contributed by atoms with Gasteiger partial charge in [-0.05, 0) is 42.2 Å². The van der Waals surface area contributed by atoms with Crippen molar-refractivity contribution in [2.45, 2.75) is 26.7 Å². The predicted octanol–water partition coefficient (Wildman–Crippen LogP) is 4.18. The molecule has 0 aliphatic carbocycles. The summed E-state index contributed by atoms with van der Waals surface area (Å²) in [5.41, 5.74) is 2.60. The third-order valence-electron chi connectivity index (χ3n) is 3.00. The highest BCUT2D eigenvalue weighted by Crippen LogP contribution is 2.26. The normalized spacial score (nSPS) is 10.3. The predicted molar refractivity (Wildman–Crippen MR) is 74.3 cm³/mol. The first-order valence-electron chi connectivity index (χ1n) is 6.25. The third kappa shape index (κ3) is 2.92. The second kappa shape index (κ2) is 5.53. The molecule has 0 aliphatic heterocycles. The number of pyridine rings is 1. The minimum Gasteiger partial charge on any atom is -0.438 e. The number of hydrogen-bond acceptors (Lipinski definition) is 3. The van der Waals surface area contributed by atoms with Crippen LogP contribution in [0.25, 0.3) is 0 Å². The summed E-state index contributed by atoms with van der Waals surface area (Å²) >= 11 is 0. The van der Waals surface area contributed by atoms with Crippen molar-refractivity contribution in [3.8, 4) is 17.7 Å². The van der Waals surface area contributed by atoms with Crippen LogP contribution in [-0.4, -0.2) is 4.98 Å². The summed E-state index contributed by atoms with van der Waals surface area (Å²) in [5, 5.41) is 9.12. The lowest BCUT2D eigenvalue weighted by Crippen LogP contribution is -1.94. The number of aromatic nitrogens is 1. The van der Waals surface area contributed by atoms with Gasteiger partial charge in [-0.2, -0.15) is 5.26 Å². The average molecular weight is 252 g/mol. The lowest BCUT2D eigenvalue weighted by molar-refractivity contribution is 0.460. The van der Waals surface area contributed by atoms with Crippen LogP contribution in [0.15, 0.2) is 36.5 Å². The second-order valence-electron chi connectivity index (χ2n) is 4.75. The molecule has 2 aromatic rings. The Kier molecular flexibility index (Phi) is 3.82. The van der Waals surface area contributed by atoms with Gasteiger partial charge in [-0.15, -0.1) is 0 Å². The molecule has 0 fully saturated rings. The molecule has 0 bridgehead atoms. The lowest BCUT2D eigenvalue weighted by Gasteiger charge is -2.09. The fourth-order valence-corrected chi connectivity index (χ4v) is 1.78. The van der Waals surface area contributed by atoms with Crippen molar-refractivity contribution in [2.24, 2.45) is 0 Å². The Morgan fingerprint density at radius 1 is 1.16 bits per heavy atom. The molecule has 0 saturated carbocycles. The Labute approximate surface area is 113 Å². The molecule has 2 rings (SSSR count). The highest BCUT2D eigenvalue weighted by Gasteiger charge is 2.09. The van der Waals surface area contributed by atoms with Gasteiger partial charge >= 0.3 is 0 Å². The van der Waals surface area contributed by atoms with E-state index in [-0.39, 0.29) is 0 Å². The van der Waals surface area contributed by atoms with Crippen LogP contribution in [0.3, 0.4) is 0 Å². The monoisotopic (exact) mass is 252 g/mol. The Hall–Kier alpha value is -2.34. The molecule has 3 heteroatoms. The van der Waals surface area contributed by atoms with Gasteiger partial charge in [0.2, 0.25) is 5.88 Å². The Morgan fingerprint density at radius 2 is 1.84 bits per heavy atom. The molecule has 0 aliphatic rings. The van der Waals surface area contributed by atoms with Gasteiger partial charge in [0, 0.05) is 6.20 Å². The number of ether oxygens (including phenoxy) is 1. The van der Waals surface area contributed by atoms with Gasteiger partial charge in [-0.3, -0.25) is 0 Å². The minimum absolute atomic E-state index is 0.361. The number of nitriles is 1. The molecule has 19 heavy (non-hydrogen) atoms. The van der Waals surface area contributed by atoms with Crippen LogP contribution in [0.5, 0.6) is 11.6 Å². The van der Waals surface area contributed by atoms with E-state index in [1.807, 2.05) is 31.2 Å². The van der Waals surface area contributed by atoms with E-state index in [1.54, 1.807) is 12.3 Å². The molecule has 0 radical (unpaired) electrons. The summed E-state index contributed by atoms with van der Waals surface area (Å²) in [4.78, 5) is 4.12. The SMILES string of the molecule is Cc1ccnc(Oc2ccc(C(C)C)cc2)c1C#N. The first-order chi connectivity index (χ1) is 9.11. The summed E-state index contributed by atoms with van der Waals surface area (Å²) in [6.07, 6.45) is 1.65. The zero-order chi connectivity index (χ0) is 13.8. The van der Waals surface area contributed by atoms with E-state index in [0.29, 0.717) is 23.1 Å². The fourth-order valence-electron chi connectivity index (χ4n) is 1.78. The minimum atomic E-state index is 0.361. The van der Waals surface area contributed by atoms with Gasteiger partial charge in [0.1, 0.15) is 17.4 Å². The Morgan fingerprint density at radius 3 is 2.42 bits per heavy atom. The van der Waals surface area contributed by atoms with Gasteiger partial charge in [0.15, 0.2) is 0 Å². The Balaban J connectivity index is 2.27. The highest BCUT2D eigenvalue weighted by atomic mass is 16.5. The lowest BCUT2D eigenvalue weighted by atomic mass is 10.0. The highest BCUT2D eigenvalue weighted by molar-refractivity contribution is 5.45. The largest absolute Gasteiger partial charge is 0.438 e. The molecule has 0 N–H and O–H groups in total. The maximum atomic E-state index is 9.12. The van der Waals surface area contributed by atoms with Crippen LogP contribution >= 0.6 is 0 Å². The maximum absolute atomic E-state index is 9.12. The molecule has 1 heterocycles. The van der Waals surface area contributed by atoms with Crippen molar-refractivity contribution < 1.29 is 4.74 Å². The quantitative estimate of drug-likeness (QED) is 0.823. The van der Waals surface area contributed by atoms with E-state index in [4.69, 9.17) is 10.00 Å². The van der Waals surface area contributed by atoms with Crippen LogP contribution in [0.2, 0.25) is 0 Å². The van der Waals surface area contributed by atoms with Crippen molar-refractivity contribution in [2.75, 3.05) is 0 Å². The van der Waals surface area contributed by atoms with E-state index < -0.39 is 0 Å². The Bertz CT molecular complexity index is 610. The number of benzene rings is 1. The standard InChI is InChI=1S/C16H16N2O/c1-11(2)13-4-6-14(7-5-13)19-16-15(10-17)12(3)8-9-18-16/h4-9,11H,1-3H3. The van der Waals surface area contributed by atoms with Crippen LogP contribution in [0.4, 0.5) is 0 Å². The summed E-state index contributed by atoms with van der Waals surface area (Å²) in [6, 6.07) is 11.8. The summed E-state index contributed by atoms with van der Waals surface area (Å²) < 4.78 is 5.68. The first kappa shape index (κ1) is 13.1. The van der Waals surface area contributed by atoms with Crippen LogP contribution in [0.1, 0.15) is 36.5 Å². The number of hydrogen-bond donors (Lipinski definition) is 0. The van der Waals surface area contributed by atoms with E-state index in [1.165, 1.54) is 5.56 Å². The van der Waals surface area contributed by atoms with Gasteiger partial charge < -0.3 is 4.74 Å². The zero-order valence-corrected chi connectivity index (χ0v) is 11.3. The van der Waals surface area contributed by atoms with E-state index in [0.717, 1.165) is 5.56 Å². The van der Waals surface area contributed by atoms with Crippen molar-refractivity contribution in [3.05, 3.63) is 53.2 Å². The van der Waals surface area contributed by atoms with Crippen LogP contribution in [-0.2, 0) is 0 Å². The molecule has 0 saturated heterocycles. The molecule has 0 unspecified atom stereocenters. The van der Waals surface area contributed by atoms with Crippen LogP contribution < -0.4 is 4.74 Å². The van der Waals surface area contributed by atoms with Crippen molar-refractivity contribution in [3.63, 3.8) is 0 Å². The van der Waals surface area contributed by atoms with E-state index in [2.05, 4.69) is 24.9 Å². The van der Waals surface area contributed by atoms with Gasteiger partial charge in [0.05, 0.1) is 0 Å². The number of nitrogens with zero attached hydrogens (tertiary/aromatic N) is 2. The van der Waals surface area contributed by atoms with Crippen LogP contribution in [0, 0.1) is 18.3 Å². The fraction of sp³-hybridized carbons (Fsp3) is 0.250. The molecular formula is C16H16N2O. The average Bonchev–Trinajstić information content (AvgIpc) is 2.39. The molecule has 96 valence electrons. The van der Waals surface area contributed by atoms with Crippen molar-refractivity contribution in [1.82, 2.24) is 4.98 Å². The summed E-state index contributed by atoms with van der Waals surface area (Å²) in [7, 11) is 0. The molecular weight excluding hydrogens is 236 g/mol. The molecule has 1 aromatic carbocycles. The molecule has 3 nitrogen and oxygen atoms in total. The van der Waals surface area contributed by atoms with Crippen molar-refractivity contribution in [1.29, 1.82) is 5.26 Å². The van der Waals surface area contributed by atoms with E-state index >= 15 is 0 Å². The van der Waals surface area contributed by atoms with Crippen molar-refractivity contribution >= 4 is 0 Å². The second-order valence-corrected chi connectivity index (χ2v) is 4.75. The number of aryl methyl sites for hydroxylation is 1. The van der Waals surface area contributed by atoms with Gasteiger partial charge in [-0.1, -0.05) is 26.0 Å².